The van der Waals surface area contributed by atoms with Gasteiger partial charge in [-0.25, -0.2) is 8.42 Å². The molecule has 0 bridgehead atoms. The second kappa shape index (κ2) is 6.44. The maximum atomic E-state index is 12.2. The van der Waals surface area contributed by atoms with Gasteiger partial charge in [-0.1, -0.05) is 18.2 Å². The quantitative estimate of drug-likeness (QED) is 0.753. The van der Waals surface area contributed by atoms with Crippen molar-refractivity contribution in [2.24, 2.45) is 0 Å². The van der Waals surface area contributed by atoms with Crippen molar-refractivity contribution in [2.75, 3.05) is 16.3 Å². The van der Waals surface area contributed by atoms with Gasteiger partial charge < -0.3 is 5.32 Å². The second-order valence-electron chi connectivity index (χ2n) is 4.39. The number of anilines is 2. The van der Waals surface area contributed by atoms with Crippen LogP contribution in [0.4, 0.5) is 11.4 Å². The first-order chi connectivity index (χ1) is 9.85. The van der Waals surface area contributed by atoms with E-state index in [2.05, 4.69) is 32.6 Å². The summed E-state index contributed by atoms with van der Waals surface area (Å²) in [7, 11) is -3.35. The number of sulfonamides is 1. The Labute approximate surface area is 137 Å². The Morgan fingerprint density at radius 1 is 1.05 bits per heavy atom. The van der Waals surface area contributed by atoms with E-state index in [0.717, 1.165) is 9.83 Å². The van der Waals surface area contributed by atoms with Crippen LogP contribution in [0.5, 0.6) is 0 Å². The van der Waals surface area contributed by atoms with Crippen LogP contribution in [0.3, 0.4) is 0 Å². The van der Waals surface area contributed by atoms with E-state index in [0.29, 0.717) is 16.9 Å². The monoisotopic (exact) mass is 416 g/mol. The van der Waals surface area contributed by atoms with Crippen molar-refractivity contribution in [3.63, 3.8) is 0 Å². The van der Waals surface area contributed by atoms with Crippen molar-refractivity contribution >= 4 is 49.9 Å². The molecule has 0 saturated heterocycles. The van der Waals surface area contributed by atoms with E-state index in [-0.39, 0.29) is 5.91 Å². The maximum absolute atomic E-state index is 12.2. The van der Waals surface area contributed by atoms with Gasteiger partial charge in [0.15, 0.2) is 0 Å². The highest BCUT2D eigenvalue weighted by Gasteiger charge is 2.10. The van der Waals surface area contributed by atoms with Gasteiger partial charge in [0, 0.05) is 9.26 Å². The molecule has 110 valence electrons. The van der Waals surface area contributed by atoms with Crippen LogP contribution in [0.2, 0.25) is 0 Å². The molecule has 5 nitrogen and oxygen atoms in total. The molecule has 0 aliphatic rings. The molecule has 2 N–H and O–H groups in total. The van der Waals surface area contributed by atoms with Crippen LogP contribution in [-0.2, 0) is 10.0 Å². The summed E-state index contributed by atoms with van der Waals surface area (Å²) in [6.45, 7) is 0. The zero-order valence-electron chi connectivity index (χ0n) is 11.1. The van der Waals surface area contributed by atoms with Crippen molar-refractivity contribution < 1.29 is 13.2 Å². The molecular weight excluding hydrogens is 403 g/mol. The summed E-state index contributed by atoms with van der Waals surface area (Å²) in [6.07, 6.45) is 1.07. The van der Waals surface area contributed by atoms with Crippen molar-refractivity contribution in [3.8, 4) is 0 Å². The van der Waals surface area contributed by atoms with Crippen molar-refractivity contribution in [1.29, 1.82) is 0 Å². The minimum Gasteiger partial charge on any atom is -0.322 e. The Balaban J connectivity index is 2.19. The summed E-state index contributed by atoms with van der Waals surface area (Å²) < 4.78 is 25.6. The molecule has 0 aromatic heterocycles. The van der Waals surface area contributed by atoms with Crippen LogP contribution in [0.15, 0.2) is 48.5 Å². The zero-order chi connectivity index (χ0) is 15.5. The van der Waals surface area contributed by atoms with Gasteiger partial charge in [-0.3, -0.25) is 9.52 Å². The number of rotatable bonds is 4. The number of amides is 1. The molecule has 1 amide bonds. The van der Waals surface area contributed by atoms with Gasteiger partial charge in [0.1, 0.15) is 0 Å². The summed E-state index contributed by atoms with van der Waals surface area (Å²) >= 11 is 2.09. The summed E-state index contributed by atoms with van der Waals surface area (Å²) in [5, 5.41) is 2.75. The third-order valence-corrected chi connectivity index (χ3v) is 4.09. The lowest BCUT2D eigenvalue weighted by Gasteiger charge is -2.09. The van der Waals surface area contributed by atoms with Crippen LogP contribution >= 0.6 is 22.6 Å². The minimum absolute atomic E-state index is 0.239. The summed E-state index contributed by atoms with van der Waals surface area (Å²) in [5.41, 5.74) is 1.49. The number of carbonyl (C=O) groups excluding carboxylic acids is 1. The zero-order valence-corrected chi connectivity index (χ0v) is 14.1. The Morgan fingerprint density at radius 2 is 1.71 bits per heavy atom. The molecule has 21 heavy (non-hydrogen) atoms. The minimum atomic E-state index is -3.35. The van der Waals surface area contributed by atoms with Gasteiger partial charge in [0.2, 0.25) is 10.0 Å². The smallest absolute Gasteiger partial charge is 0.256 e. The molecule has 0 atom stereocenters. The highest BCUT2D eigenvalue weighted by atomic mass is 127. The number of hydrogen-bond donors (Lipinski definition) is 2. The highest BCUT2D eigenvalue weighted by molar-refractivity contribution is 14.1. The van der Waals surface area contributed by atoms with E-state index in [9.17, 15) is 13.2 Å². The third kappa shape index (κ3) is 4.71. The lowest BCUT2D eigenvalue weighted by atomic mass is 10.2. The number of benzene rings is 2. The van der Waals surface area contributed by atoms with Crippen molar-refractivity contribution in [1.82, 2.24) is 0 Å². The number of hydrogen-bond acceptors (Lipinski definition) is 3. The number of carbonyl (C=O) groups is 1. The predicted molar refractivity (Wildman–Crippen MR) is 92.0 cm³/mol. The largest absolute Gasteiger partial charge is 0.322 e. The van der Waals surface area contributed by atoms with Gasteiger partial charge in [-0.05, 0) is 52.9 Å². The molecule has 2 rings (SSSR count). The average molecular weight is 416 g/mol. The van der Waals surface area contributed by atoms with Crippen LogP contribution in [-0.4, -0.2) is 20.6 Å². The Morgan fingerprint density at radius 3 is 2.38 bits per heavy atom. The highest BCUT2D eigenvalue weighted by Crippen LogP contribution is 2.18. The van der Waals surface area contributed by atoms with E-state index in [1.165, 1.54) is 0 Å². The number of halogens is 1. The standard InChI is InChI=1S/C14H13IN2O3S/c1-21(19,20)17-11-6-4-5-10(9-11)16-14(18)12-7-2-3-8-13(12)15/h2-9,17H,1H3,(H,16,18). The molecule has 2 aromatic carbocycles. The van der Waals surface area contributed by atoms with Gasteiger partial charge in [-0.2, -0.15) is 0 Å². The molecule has 0 aliphatic heterocycles. The normalized spacial score (nSPS) is 11.0. The van der Waals surface area contributed by atoms with Gasteiger partial charge in [-0.15, -0.1) is 0 Å². The molecule has 0 fully saturated rings. The van der Waals surface area contributed by atoms with E-state index >= 15 is 0 Å². The van der Waals surface area contributed by atoms with Crippen molar-refractivity contribution in [2.45, 2.75) is 0 Å². The second-order valence-corrected chi connectivity index (χ2v) is 7.30. The van der Waals surface area contributed by atoms with E-state index < -0.39 is 10.0 Å². The Kier molecular flexibility index (Phi) is 4.84. The van der Waals surface area contributed by atoms with Gasteiger partial charge in [0.05, 0.1) is 17.5 Å². The van der Waals surface area contributed by atoms with Gasteiger partial charge in [0.25, 0.3) is 5.91 Å². The molecule has 0 heterocycles. The summed E-state index contributed by atoms with van der Waals surface area (Å²) in [4.78, 5) is 12.2. The molecule has 0 unspecified atom stereocenters. The fourth-order valence-electron chi connectivity index (χ4n) is 1.72. The summed E-state index contributed by atoms with van der Waals surface area (Å²) in [5.74, 6) is -0.239. The number of nitrogens with one attached hydrogen (secondary N) is 2. The van der Waals surface area contributed by atoms with E-state index in [4.69, 9.17) is 0 Å². The van der Waals surface area contributed by atoms with Crippen LogP contribution < -0.4 is 10.0 Å². The van der Waals surface area contributed by atoms with E-state index in [1.807, 2.05) is 12.1 Å². The molecule has 0 radical (unpaired) electrons. The average Bonchev–Trinajstić information content (AvgIpc) is 2.37. The van der Waals surface area contributed by atoms with Gasteiger partial charge >= 0.3 is 0 Å². The van der Waals surface area contributed by atoms with Crippen LogP contribution in [0.25, 0.3) is 0 Å². The van der Waals surface area contributed by atoms with Crippen molar-refractivity contribution in [3.05, 3.63) is 57.7 Å². The Hall–Kier alpha value is -1.61. The summed E-state index contributed by atoms with van der Waals surface area (Å²) in [6, 6.07) is 13.8. The predicted octanol–water partition coefficient (Wildman–Crippen LogP) is 2.92. The first-order valence-electron chi connectivity index (χ1n) is 5.99. The molecule has 2 aromatic rings. The molecular formula is C14H13IN2O3S. The Bertz CT molecular complexity index is 775. The lowest BCUT2D eigenvalue weighted by molar-refractivity contribution is 0.102. The lowest BCUT2D eigenvalue weighted by Crippen LogP contribution is -2.14. The maximum Gasteiger partial charge on any atom is 0.256 e. The molecule has 0 spiro atoms. The fraction of sp³-hybridized carbons (Fsp3) is 0.0714. The first-order valence-corrected chi connectivity index (χ1v) is 8.96. The first kappa shape index (κ1) is 15.8. The third-order valence-electron chi connectivity index (χ3n) is 2.54. The van der Waals surface area contributed by atoms with E-state index in [1.54, 1.807) is 36.4 Å². The molecule has 0 saturated carbocycles. The van der Waals surface area contributed by atoms with Crippen LogP contribution in [0.1, 0.15) is 10.4 Å². The van der Waals surface area contributed by atoms with Crippen LogP contribution in [0, 0.1) is 3.57 Å². The molecule has 0 aliphatic carbocycles. The SMILES string of the molecule is CS(=O)(=O)Nc1cccc(NC(=O)c2ccccc2I)c1. The fourth-order valence-corrected chi connectivity index (χ4v) is 2.91. The topological polar surface area (TPSA) is 75.3 Å². The molecule has 7 heteroatoms.